The standard InChI is InChI=1S/C23H25N3O4.C16H21N3O2.C7H5ClO2/c1-5-29-21(27)16-10-9-11-17(14-16)26-20(15-19(25-26)23(2,3)4)24-22(28)30-18-12-7-6-8-13-18;1-5-21-15(20)11-7-6-8-12(9-11)19-14(17)10-13(18-19)16(2,3)4;8-7(9)10-6-4-2-1-3-5-6/h6-15H,5H2,1-4H3,(H,24,28);6-10H,5,17H2,1-4H3;1-5H. The van der Waals surface area contributed by atoms with E-state index < -0.39 is 17.5 Å². The van der Waals surface area contributed by atoms with Gasteiger partial charge >= 0.3 is 23.5 Å². The number of esters is 2. The fourth-order valence-electron chi connectivity index (χ4n) is 5.27. The van der Waals surface area contributed by atoms with Crippen LogP contribution < -0.4 is 20.5 Å². The molecule has 0 bridgehead atoms. The highest BCUT2D eigenvalue weighted by molar-refractivity contribution is 6.61. The van der Waals surface area contributed by atoms with Crippen molar-refractivity contribution in [1.82, 2.24) is 19.6 Å². The number of nitrogens with one attached hydrogen (secondary N) is 1. The zero-order valence-corrected chi connectivity index (χ0v) is 36.2. The molecule has 0 aliphatic rings. The van der Waals surface area contributed by atoms with Crippen molar-refractivity contribution in [3.63, 3.8) is 0 Å². The van der Waals surface area contributed by atoms with Gasteiger partial charge in [-0.3, -0.25) is 5.32 Å². The van der Waals surface area contributed by atoms with Crippen LogP contribution in [0.2, 0.25) is 0 Å². The third kappa shape index (κ3) is 14.1. The minimum Gasteiger partial charge on any atom is -0.462 e. The fourth-order valence-corrected chi connectivity index (χ4v) is 5.36. The molecule has 0 aliphatic heterocycles. The summed E-state index contributed by atoms with van der Waals surface area (Å²) in [7, 11) is 0. The summed E-state index contributed by atoms with van der Waals surface area (Å²) in [5.41, 5.74) is 8.83. The number of nitrogens with zero attached hydrogens (tertiary/aromatic N) is 4. The number of halogens is 1. The summed E-state index contributed by atoms with van der Waals surface area (Å²) in [5, 5.41) is 11.9. The lowest BCUT2D eigenvalue weighted by molar-refractivity contribution is 0.0516. The van der Waals surface area contributed by atoms with Crippen LogP contribution in [0.25, 0.3) is 11.4 Å². The fraction of sp³-hybridized carbons (Fsp3) is 0.261. The largest absolute Gasteiger partial charge is 0.462 e. The number of carbonyl (C=O) groups excluding carboxylic acids is 4. The number of rotatable bonds is 9. The van der Waals surface area contributed by atoms with E-state index in [2.05, 4.69) is 41.0 Å². The van der Waals surface area contributed by atoms with Gasteiger partial charge in [0.25, 0.3) is 0 Å². The molecule has 0 unspecified atom stereocenters. The smallest absolute Gasteiger partial charge is 0.418 e. The topological polar surface area (TPSA) is 179 Å². The van der Waals surface area contributed by atoms with Gasteiger partial charge in [0.15, 0.2) is 0 Å². The third-order valence-electron chi connectivity index (χ3n) is 8.31. The molecule has 2 aromatic heterocycles. The Bertz CT molecular complexity index is 2400. The average Bonchev–Trinajstić information content (AvgIpc) is 3.83. The first-order valence-corrected chi connectivity index (χ1v) is 19.7. The van der Waals surface area contributed by atoms with E-state index >= 15 is 0 Å². The van der Waals surface area contributed by atoms with Crippen molar-refractivity contribution in [2.75, 3.05) is 24.3 Å². The Morgan fingerprint density at radius 3 is 1.49 bits per heavy atom. The van der Waals surface area contributed by atoms with Crippen molar-refractivity contribution in [3.8, 4) is 22.9 Å². The van der Waals surface area contributed by atoms with Gasteiger partial charge in [0.05, 0.1) is 47.1 Å². The molecular weight excluding hydrogens is 800 g/mol. The first-order valence-electron chi connectivity index (χ1n) is 19.4. The lowest BCUT2D eigenvalue weighted by atomic mass is 9.92. The Morgan fingerprint density at radius 1 is 0.607 bits per heavy atom. The molecule has 3 N–H and O–H groups in total. The summed E-state index contributed by atoms with van der Waals surface area (Å²) in [5.74, 6) is 1.10. The van der Waals surface area contributed by atoms with E-state index in [1.54, 1.807) is 120 Å². The van der Waals surface area contributed by atoms with E-state index in [0.717, 1.165) is 17.1 Å². The molecule has 4 aromatic carbocycles. The number of amides is 1. The van der Waals surface area contributed by atoms with Crippen LogP contribution in [0, 0.1) is 0 Å². The molecule has 0 atom stereocenters. The van der Waals surface area contributed by atoms with Crippen molar-refractivity contribution in [2.24, 2.45) is 0 Å². The third-order valence-corrected chi connectivity index (χ3v) is 8.39. The molecule has 2 heterocycles. The summed E-state index contributed by atoms with van der Waals surface area (Å²) in [4.78, 5) is 46.5. The van der Waals surface area contributed by atoms with Crippen LogP contribution in [0.5, 0.6) is 11.5 Å². The van der Waals surface area contributed by atoms with Gasteiger partial charge in [-0.25, -0.2) is 28.5 Å². The number of benzene rings is 4. The van der Waals surface area contributed by atoms with Crippen LogP contribution in [0.3, 0.4) is 0 Å². The second-order valence-corrected chi connectivity index (χ2v) is 15.5. The first-order chi connectivity index (χ1) is 28.9. The van der Waals surface area contributed by atoms with Crippen LogP contribution >= 0.6 is 11.6 Å². The quantitative estimate of drug-likeness (QED) is 0.104. The number of carbonyl (C=O) groups is 4. The zero-order valence-electron chi connectivity index (χ0n) is 35.5. The zero-order chi connectivity index (χ0) is 44.7. The molecule has 0 radical (unpaired) electrons. The second-order valence-electron chi connectivity index (χ2n) is 15.2. The Balaban J connectivity index is 0.000000228. The van der Waals surface area contributed by atoms with Crippen molar-refractivity contribution < 1.29 is 38.1 Å². The van der Waals surface area contributed by atoms with Crippen LogP contribution in [-0.2, 0) is 20.3 Å². The molecule has 0 saturated carbocycles. The highest BCUT2D eigenvalue weighted by atomic mass is 35.5. The van der Waals surface area contributed by atoms with Crippen molar-refractivity contribution in [3.05, 3.63) is 144 Å². The Morgan fingerprint density at radius 2 is 1.05 bits per heavy atom. The van der Waals surface area contributed by atoms with Crippen LogP contribution in [0.4, 0.5) is 21.2 Å². The Hall–Kier alpha value is -6.93. The van der Waals surface area contributed by atoms with Crippen molar-refractivity contribution in [1.29, 1.82) is 0 Å². The van der Waals surface area contributed by atoms with Gasteiger partial charge in [-0.2, -0.15) is 10.2 Å². The molecule has 14 nitrogen and oxygen atoms in total. The molecule has 320 valence electrons. The monoisotopic (exact) mass is 850 g/mol. The maximum atomic E-state index is 12.4. The predicted molar refractivity (Wildman–Crippen MR) is 235 cm³/mol. The molecule has 0 spiro atoms. The molecule has 1 amide bonds. The number of nitrogens with two attached hydrogens (primary N) is 1. The van der Waals surface area contributed by atoms with Crippen molar-refractivity contribution >= 4 is 46.7 Å². The van der Waals surface area contributed by atoms with Gasteiger partial charge in [-0.05, 0) is 74.5 Å². The molecule has 61 heavy (non-hydrogen) atoms. The first kappa shape index (κ1) is 46.8. The van der Waals surface area contributed by atoms with E-state index in [1.807, 2.05) is 45.0 Å². The van der Waals surface area contributed by atoms with Gasteiger partial charge in [-0.1, -0.05) is 90.1 Å². The minimum atomic E-state index is -0.814. The van der Waals surface area contributed by atoms with E-state index in [1.165, 1.54) is 0 Å². The molecule has 0 fully saturated rings. The summed E-state index contributed by atoms with van der Waals surface area (Å²) in [6.45, 7) is 16.5. The number of hydrogen-bond donors (Lipinski definition) is 2. The predicted octanol–water partition coefficient (Wildman–Crippen LogP) is 10.3. The van der Waals surface area contributed by atoms with Gasteiger partial charge < -0.3 is 24.7 Å². The summed E-state index contributed by atoms with van der Waals surface area (Å²) in [6.07, 6.45) is -0.635. The maximum Gasteiger partial charge on any atom is 0.418 e. The average molecular weight is 851 g/mol. The Labute approximate surface area is 360 Å². The van der Waals surface area contributed by atoms with E-state index in [-0.39, 0.29) is 23.4 Å². The molecule has 15 heteroatoms. The highest BCUT2D eigenvalue weighted by Crippen LogP contribution is 2.28. The molecule has 0 saturated heterocycles. The van der Waals surface area contributed by atoms with Crippen LogP contribution in [0.15, 0.2) is 121 Å². The maximum absolute atomic E-state index is 12.4. The number of hydrogen-bond acceptors (Lipinski definition) is 11. The summed E-state index contributed by atoms with van der Waals surface area (Å²) in [6, 6.07) is 35.1. The van der Waals surface area contributed by atoms with E-state index in [0.29, 0.717) is 46.6 Å². The summed E-state index contributed by atoms with van der Waals surface area (Å²) < 4.78 is 23.2. The van der Waals surface area contributed by atoms with Crippen LogP contribution in [-0.4, -0.2) is 56.2 Å². The number of anilines is 2. The van der Waals surface area contributed by atoms with Crippen molar-refractivity contribution in [2.45, 2.75) is 66.2 Å². The number of aromatic nitrogens is 4. The van der Waals surface area contributed by atoms with Gasteiger partial charge in [-0.15, -0.1) is 0 Å². The number of ether oxygens (including phenoxy) is 4. The number of nitrogen functional groups attached to an aromatic ring is 1. The molecule has 6 rings (SSSR count). The van der Waals surface area contributed by atoms with Gasteiger partial charge in [0.1, 0.15) is 23.1 Å². The van der Waals surface area contributed by atoms with E-state index in [9.17, 15) is 19.2 Å². The SMILES string of the molecule is CCOC(=O)c1cccc(-n2nc(C(C)(C)C)cc2N)c1.CCOC(=O)c1cccc(-n2nc(C(C)(C)C)cc2NC(=O)Oc2ccccc2)c1.O=C(Cl)Oc1ccccc1. The minimum absolute atomic E-state index is 0.0852. The van der Waals surface area contributed by atoms with Gasteiger partial charge in [0, 0.05) is 34.6 Å². The van der Waals surface area contributed by atoms with Gasteiger partial charge in [0.2, 0.25) is 0 Å². The lowest BCUT2D eigenvalue weighted by Crippen LogP contribution is -2.19. The second kappa shape index (κ2) is 21.4. The molecule has 0 aliphatic carbocycles. The summed E-state index contributed by atoms with van der Waals surface area (Å²) >= 11 is 4.95. The Kier molecular flexibility index (Phi) is 16.4. The number of para-hydroxylation sites is 2. The lowest BCUT2D eigenvalue weighted by Gasteiger charge is -2.14. The van der Waals surface area contributed by atoms with E-state index in [4.69, 9.17) is 31.5 Å². The molecular formula is C46H51ClN6O8. The van der Waals surface area contributed by atoms with Crippen LogP contribution in [0.1, 0.15) is 87.5 Å². The molecule has 6 aromatic rings. The normalized spacial score (nSPS) is 10.8. The highest BCUT2D eigenvalue weighted by Gasteiger charge is 2.23.